The zero-order valence-electron chi connectivity index (χ0n) is 30.9. The molecule has 0 spiro atoms. The number of benzene rings is 9. The van der Waals surface area contributed by atoms with Crippen molar-refractivity contribution >= 4 is 33.2 Å². The van der Waals surface area contributed by atoms with Crippen LogP contribution in [0.4, 0.5) is 0 Å². The fraction of sp³-hybridized carbons (Fsp3) is 0.0545. The van der Waals surface area contributed by atoms with E-state index in [9.17, 15) is 0 Å². The van der Waals surface area contributed by atoms with Crippen LogP contribution in [0.25, 0.3) is 77.7 Å². The molecule has 1 aliphatic carbocycles. The maximum Gasteiger partial charge on any atom is 0.0162 e. The summed E-state index contributed by atoms with van der Waals surface area (Å²) in [6.07, 6.45) is 2.54. The Labute approximate surface area is 323 Å². The lowest BCUT2D eigenvalue weighted by atomic mass is 9.68. The lowest BCUT2D eigenvalue weighted by molar-refractivity contribution is 0.690. The van der Waals surface area contributed by atoms with Crippen molar-refractivity contribution in [1.82, 2.24) is 0 Å². The average Bonchev–Trinajstić information content (AvgIpc) is 3.27. The maximum atomic E-state index is 2.54. The van der Waals surface area contributed by atoms with Crippen LogP contribution >= 0.6 is 0 Å². The third kappa shape index (κ3) is 5.79. The monoisotopic (exact) mass is 700 g/mol. The highest BCUT2D eigenvalue weighted by Gasteiger charge is 2.34. The van der Waals surface area contributed by atoms with Gasteiger partial charge in [0.25, 0.3) is 0 Å². The van der Waals surface area contributed by atoms with Crippen LogP contribution in [0.5, 0.6) is 0 Å². The van der Waals surface area contributed by atoms with Crippen LogP contribution in [0.3, 0.4) is 0 Å². The van der Waals surface area contributed by atoms with E-state index in [1.165, 1.54) is 93.9 Å². The number of allylic oxidation sites excluding steroid dienone is 1. The molecule has 55 heavy (non-hydrogen) atoms. The highest BCUT2D eigenvalue weighted by Crippen LogP contribution is 2.54. The summed E-state index contributed by atoms with van der Waals surface area (Å²) in [5.74, 6) is 0.382. The van der Waals surface area contributed by atoms with E-state index in [1.54, 1.807) is 0 Å². The fourth-order valence-corrected chi connectivity index (χ4v) is 9.16. The van der Waals surface area contributed by atoms with Crippen molar-refractivity contribution in [3.8, 4) is 44.5 Å². The second-order valence-corrected chi connectivity index (χ2v) is 14.8. The van der Waals surface area contributed by atoms with Crippen molar-refractivity contribution in [2.75, 3.05) is 0 Å². The molecule has 0 saturated heterocycles. The molecule has 9 aromatic rings. The first-order chi connectivity index (χ1) is 27.2. The highest BCUT2D eigenvalue weighted by atomic mass is 14.4. The molecule has 0 aliphatic heterocycles. The standard InChI is InChI=1S/C55H40/c1-37-54(43-30-18-7-19-31-43)48(42-28-16-6-17-29-42)36-53-51-33-45(39-22-10-3-11-23-39)44(38-20-8-2-9-21-38)32-49(51)50-34-46(40-24-12-4-13-25-40)47(35-52(50)55(37)53)41-26-14-5-15-27-41/h2-37,54H,1H3. The van der Waals surface area contributed by atoms with Crippen LogP contribution in [-0.4, -0.2) is 0 Å². The van der Waals surface area contributed by atoms with Crippen LogP contribution < -0.4 is 0 Å². The zero-order chi connectivity index (χ0) is 36.7. The van der Waals surface area contributed by atoms with E-state index in [0.717, 1.165) is 0 Å². The Morgan fingerprint density at radius 3 is 1.07 bits per heavy atom. The Morgan fingerprint density at radius 2 is 0.655 bits per heavy atom. The number of hydrogen-bond donors (Lipinski definition) is 0. The molecule has 0 N–H and O–H groups in total. The molecule has 0 radical (unpaired) electrons. The molecule has 2 unspecified atom stereocenters. The smallest absolute Gasteiger partial charge is 0.0162 e. The van der Waals surface area contributed by atoms with Gasteiger partial charge in [0.15, 0.2) is 0 Å². The van der Waals surface area contributed by atoms with E-state index >= 15 is 0 Å². The summed E-state index contributed by atoms with van der Waals surface area (Å²) < 4.78 is 0. The SMILES string of the molecule is CC1c2c(c3cc(-c4ccccc4)c(-c4ccccc4)cc3c3cc(-c4ccccc4)c(-c4ccccc4)cc23)C=C(c2ccccc2)C1c1ccccc1. The Hall–Kier alpha value is -6.76. The second kappa shape index (κ2) is 13.9. The summed E-state index contributed by atoms with van der Waals surface area (Å²) in [7, 11) is 0. The number of rotatable bonds is 6. The van der Waals surface area contributed by atoms with Crippen LogP contribution in [0, 0.1) is 0 Å². The normalized spacial score (nSPS) is 15.1. The number of hydrogen-bond acceptors (Lipinski definition) is 0. The van der Waals surface area contributed by atoms with Gasteiger partial charge in [-0.25, -0.2) is 0 Å². The van der Waals surface area contributed by atoms with E-state index < -0.39 is 0 Å². The van der Waals surface area contributed by atoms with Crippen molar-refractivity contribution in [3.05, 3.63) is 229 Å². The molecule has 0 heteroatoms. The molecule has 0 aromatic heterocycles. The molecule has 2 atom stereocenters. The predicted molar refractivity (Wildman–Crippen MR) is 235 cm³/mol. The van der Waals surface area contributed by atoms with Gasteiger partial charge < -0.3 is 0 Å². The van der Waals surface area contributed by atoms with Gasteiger partial charge in [-0.15, -0.1) is 0 Å². The lowest BCUT2D eigenvalue weighted by Gasteiger charge is -2.35. The lowest BCUT2D eigenvalue weighted by Crippen LogP contribution is -2.17. The third-order valence-corrected chi connectivity index (χ3v) is 11.7. The molecule has 0 saturated carbocycles. The third-order valence-electron chi connectivity index (χ3n) is 11.7. The van der Waals surface area contributed by atoms with E-state index in [1.807, 2.05) is 0 Å². The Bertz CT molecular complexity index is 2820. The largest absolute Gasteiger partial charge is 0.0622 e. The second-order valence-electron chi connectivity index (χ2n) is 14.8. The van der Waals surface area contributed by atoms with Gasteiger partial charge in [0.05, 0.1) is 0 Å². The minimum Gasteiger partial charge on any atom is -0.0622 e. The fourth-order valence-electron chi connectivity index (χ4n) is 9.16. The average molecular weight is 701 g/mol. The van der Waals surface area contributed by atoms with Gasteiger partial charge in [-0.2, -0.15) is 0 Å². The summed E-state index contributed by atoms with van der Waals surface area (Å²) in [4.78, 5) is 0. The van der Waals surface area contributed by atoms with Gasteiger partial charge >= 0.3 is 0 Å². The number of fused-ring (bicyclic) bond motifs is 6. The predicted octanol–water partition coefficient (Wildman–Crippen LogP) is 15.1. The van der Waals surface area contributed by atoms with Crippen molar-refractivity contribution in [2.45, 2.75) is 18.8 Å². The molecule has 0 heterocycles. The van der Waals surface area contributed by atoms with Gasteiger partial charge in [0.2, 0.25) is 0 Å². The summed E-state index contributed by atoms with van der Waals surface area (Å²) in [6.45, 7) is 2.46. The Balaban J connectivity index is 1.40. The summed E-state index contributed by atoms with van der Waals surface area (Å²) in [5.41, 5.74) is 16.6. The summed E-state index contributed by atoms with van der Waals surface area (Å²) >= 11 is 0. The minimum absolute atomic E-state index is 0.183. The highest BCUT2D eigenvalue weighted by molar-refractivity contribution is 6.19. The topological polar surface area (TPSA) is 0 Å². The van der Waals surface area contributed by atoms with Crippen LogP contribution in [0.2, 0.25) is 0 Å². The molecule has 9 aromatic carbocycles. The van der Waals surface area contributed by atoms with Crippen LogP contribution in [-0.2, 0) is 0 Å². The first-order valence-electron chi connectivity index (χ1n) is 19.4. The summed E-state index contributed by atoms with van der Waals surface area (Å²) in [6, 6.07) is 75.8. The van der Waals surface area contributed by atoms with E-state index in [2.05, 4.69) is 219 Å². The molecular formula is C55H40. The van der Waals surface area contributed by atoms with E-state index in [-0.39, 0.29) is 11.8 Å². The molecule has 0 amide bonds. The van der Waals surface area contributed by atoms with E-state index in [0.29, 0.717) is 0 Å². The van der Waals surface area contributed by atoms with Crippen LogP contribution in [0.15, 0.2) is 206 Å². The Morgan fingerprint density at radius 1 is 0.327 bits per heavy atom. The molecule has 0 fully saturated rings. The van der Waals surface area contributed by atoms with Gasteiger partial charge in [0, 0.05) is 5.92 Å². The first kappa shape index (κ1) is 32.9. The zero-order valence-corrected chi connectivity index (χ0v) is 30.9. The molecule has 1 aliphatic rings. The Kier molecular flexibility index (Phi) is 8.30. The molecule has 0 bridgehead atoms. The molecule has 10 rings (SSSR count). The van der Waals surface area contributed by atoms with Crippen molar-refractivity contribution in [1.29, 1.82) is 0 Å². The molecule has 260 valence electrons. The maximum absolute atomic E-state index is 2.54. The molecular weight excluding hydrogens is 661 g/mol. The van der Waals surface area contributed by atoms with Crippen molar-refractivity contribution in [3.63, 3.8) is 0 Å². The van der Waals surface area contributed by atoms with Crippen molar-refractivity contribution < 1.29 is 0 Å². The van der Waals surface area contributed by atoms with Gasteiger partial charge in [0.1, 0.15) is 0 Å². The van der Waals surface area contributed by atoms with E-state index in [4.69, 9.17) is 0 Å². The minimum atomic E-state index is 0.183. The summed E-state index contributed by atoms with van der Waals surface area (Å²) in [5, 5.41) is 5.18. The van der Waals surface area contributed by atoms with Gasteiger partial charge in [-0.05, 0) is 130 Å². The van der Waals surface area contributed by atoms with Gasteiger partial charge in [-0.3, -0.25) is 0 Å². The van der Waals surface area contributed by atoms with Crippen LogP contribution in [0.1, 0.15) is 41.0 Å². The van der Waals surface area contributed by atoms with Crippen molar-refractivity contribution in [2.24, 2.45) is 0 Å². The first-order valence-corrected chi connectivity index (χ1v) is 19.4. The van der Waals surface area contributed by atoms with Gasteiger partial charge in [-0.1, -0.05) is 189 Å². The quantitative estimate of drug-likeness (QED) is 0.152. The molecule has 0 nitrogen and oxygen atoms in total.